The maximum atomic E-state index is 12.9. The Bertz CT molecular complexity index is 481. The van der Waals surface area contributed by atoms with E-state index in [0.717, 1.165) is 18.7 Å². The smallest absolute Gasteiger partial charge is 0.214 e. The molecule has 0 radical (unpaired) electrons. The fourth-order valence-corrected chi connectivity index (χ4v) is 1.61. The molecule has 0 aromatic carbocycles. The van der Waals surface area contributed by atoms with Crippen molar-refractivity contribution in [2.24, 2.45) is 0 Å². The van der Waals surface area contributed by atoms with Crippen LogP contribution in [0.1, 0.15) is 19.0 Å². The summed E-state index contributed by atoms with van der Waals surface area (Å²) in [6, 6.07) is 6.64. The van der Waals surface area contributed by atoms with Crippen LogP contribution in [0.4, 0.5) is 10.2 Å². The van der Waals surface area contributed by atoms with Gasteiger partial charge in [-0.05, 0) is 24.6 Å². The van der Waals surface area contributed by atoms with E-state index in [1.807, 2.05) is 10.7 Å². The number of nitrogens with zero attached hydrogens (tertiary/aromatic N) is 3. The predicted molar refractivity (Wildman–Crippen MR) is 64.0 cm³/mol. The lowest BCUT2D eigenvalue weighted by molar-refractivity contribution is 0.575. The van der Waals surface area contributed by atoms with Gasteiger partial charge in [-0.2, -0.15) is 9.49 Å². The Morgan fingerprint density at radius 3 is 3.00 bits per heavy atom. The van der Waals surface area contributed by atoms with E-state index >= 15 is 0 Å². The van der Waals surface area contributed by atoms with Crippen molar-refractivity contribution in [3.63, 3.8) is 0 Å². The number of pyridine rings is 1. The van der Waals surface area contributed by atoms with Crippen LogP contribution in [0.2, 0.25) is 0 Å². The van der Waals surface area contributed by atoms with Crippen molar-refractivity contribution in [1.29, 1.82) is 0 Å². The molecule has 0 aliphatic carbocycles. The molecule has 0 aliphatic heterocycles. The van der Waals surface area contributed by atoms with E-state index in [0.29, 0.717) is 12.4 Å². The van der Waals surface area contributed by atoms with Crippen LogP contribution >= 0.6 is 0 Å². The van der Waals surface area contributed by atoms with E-state index < -0.39 is 5.95 Å². The molecule has 0 saturated carbocycles. The molecule has 0 aliphatic rings. The molecule has 0 bridgehead atoms. The quantitative estimate of drug-likeness (QED) is 0.808. The minimum absolute atomic E-state index is 0.475. The van der Waals surface area contributed by atoms with Gasteiger partial charge in [-0.25, -0.2) is 4.98 Å². The zero-order chi connectivity index (χ0) is 12.1. The number of halogens is 1. The molecule has 0 spiro atoms. The molecule has 5 heteroatoms. The van der Waals surface area contributed by atoms with E-state index in [9.17, 15) is 4.39 Å². The van der Waals surface area contributed by atoms with Crippen LogP contribution in [-0.4, -0.2) is 14.8 Å². The van der Waals surface area contributed by atoms with Crippen LogP contribution in [0, 0.1) is 5.95 Å². The molecule has 0 saturated heterocycles. The monoisotopic (exact) mass is 234 g/mol. The number of hydrogen-bond donors (Lipinski definition) is 1. The number of anilines is 1. The summed E-state index contributed by atoms with van der Waals surface area (Å²) < 4.78 is 14.8. The van der Waals surface area contributed by atoms with Gasteiger partial charge in [-0.15, -0.1) is 0 Å². The van der Waals surface area contributed by atoms with Crippen molar-refractivity contribution < 1.29 is 4.39 Å². The number of rotatable bonds is 5. The molecular weight excluding hydrogens is 219 g/mol. The lowest BCUT2D eigenvalue weighted by atomic mass is 10.4. The first-order valence-electron chi connectivity index (χ1n) is 5.66. The van der Waals surface area contributed by atoms with Gasteiger partial charge in [0, 0.05) is 12.7 Å². The van der Waals surface area contributed by atoms with Gasteiger partial charge in [0.25, 0.3) is 0 Å². The van der Waals surface area contributed by atoms with E-state index in [4.69, 9.17) is 0 Å². The first-order chi connectivity index (χ1) is 8.29. The first-order valence-corrected chi connectivity index (χ1v) is 5.66. The lowest BCUT2D eigenvalue weighted by Crippen LogP contribution is -2.09. The van der Waals surface area contributed by atoms with Crippen molar-refractivity contribution in [2.75, 3.05) is 5.32 Å². The zero-order valence-corrected chi connectivity index (χ0v) is 9.73. The fourth-order valence-electron chi connectivity index (χ4n) is 1.61. The van der Waals surface area contributed by atoms with Crippen molar-refractivity contribution >= 4 is 5.82 Å². The Morgan fingerprint density at radius 2 is 2.24 bits per heavy atom. The average molecular weight is 234 g/mol. The summed E-state index contributed by atoms with van der Waals surface area (Å²) in [4.78, 5) is 3.74. The van der Waals surface area contributed by atoms with Crippen LogP contribution in [0.5, 0.6) is 0 Å². The Labute approximate surface area is 99.5 Å². The molecule has 1 N–H and O–H groups in total. The highest BCUT2D eigenvalue weighted by molar-refractivity contribution is 5.34. The van der Waals surface area contributed by atoms with E-state index in [1.54, 1.807) is 18.3 Å². The Balaban J connectivity index is 1.99. The van der Waals surface area contributed by atoms with Gasteiger partial charge in [0.1, 0.15) is 5.82 Å². The number of aryl methyl sites for hydroxylation is 1. The SMILES string of the molecule is CCCn1nccc1CNc1cccc(F)n1. The maximum absolute atomic E-state index is 12.9. The van der Waals surface area contributed by atoms with Crippen LogP contribution in [0.3, 0.4) is 0 Å². The molecule has 17 heavy (non-hydrogen) atoms. The molecule has 0 fully saturated rings. The van der Waals surface area contributed by atoms with Crippen molar-refractivity contribution in [3.05, 3.63) is 42.1 Å². The third-order valence-electron chi connectivity index (χ3n) is 2.41. The topological polar surface area (TPSA) is 42.7 Å². The molecule has 0 amide bonds. The second-order valence-corrected chi connectivity index (χ2v) is 3.74. The third kappa shape index (κ3) is 3.03. The highest BCUT2D eigenvalue weighted by atomic mass is 19.1. The Hall–Kier alpha value is -1.91. The maximum Gasteiger partial charge on any atom is 0.214 e. The van der Waals surface area contributed by atoms with Gasteiger partial charge in [-0.3, -0.25) is 4.68 Å². The second-order valence-electron chi connectivity index (χ2n) is 3.74. The van der Waals surface area contributed by atoms with Gasteiger partial charge < -0.3 is 5.32 Å². The number of nitrogens with one attached hydrogen (secondary N) is 1. The number of aromatic nitrogens is 3. The van der Waals surface area contributed by atoms with E-state index in [-0.39, 0.29) is 0 Å². The minimum atomic E-state index is -0.475. The van der Waals surface area contributed by atoms with Gasteiger partial charge >= 0.3 is 0 Å². The summed E-state index contributed by atoms with van der Waals surface area (Å²) in [5.41, 5.74) is 1.07. The zero-order valence-electron chi connectivity index (χ0n) is 9.73. The van der Waals surface area contributed by atoms with E-state index in [2.05, 4.69) is 22.3 Å². The van der Waals surface area contributed by atoms with Crippen LogP contribution in [0.15, 0.2) is 30.5 Å². The molecule has 2 aromatic rings. The summed E-state index contributed by atoms with van der Waals surface area (Å²) in [5.74, 6) is 0.0614. The van der Waals surface area contributed by atoms with Crippen molar-refractivity contribution in [3.8, 4) is 0 Å². The summed E-state index contributed by atoms with van der Waals surface area (Å²) in [5, 5.41) is 7.29. The standard InChI is InChI=1S/C12H15FN4/c1-2-8-17-10(6-7-15-17)9-14-12-5-3-4-11(13)16-12/h3-7H,2,8-9H2,1H3,(H,14,16). The lowest BCUT2D eigenvalue weighted by Gasteiger charge is -2.08. The number of hydrogen-bond acceptors (Lipinski definition) is 3. The summed E-state index contributed by atoms with van der Waals surface area (Å²) >= 11 is 0. The van der Waals surface area contributed by atoms with Gasteiger partial charge in [0.2, 0.25) is 5.95 Å². The Kier molecular flexibility index (Phi) is 3.69. The fraction of sp³-hybridized carbons (Fsp3) is 0.333. The van der Waals surface area contributed by atoms with Gasteiger partial charge in [-0.1, -0.05) is 13.0 Å². The highest BCUT2D eigenvalue weighted by Gasteiger charge is 2.02. The largest absolute Gasteiger partial charge is 0.364 e. The molecule has 90 valence electrons. The third-order valence-corrected chi connectivity index (χ3v) is 2.41. The van der Waals surface area contributed by atoms with Crippen LogP contribution in [0.25, 0.3) is 0 Å². The molecule has 0 unspecified atom stereocenters. The van der Waals surface area contributed by atoms with Crippen molar-refractivity contribution in [1.82, 2.24) is 14.8 Å². The molecule has 4 nitrogen and oxygen atoms in total. The highest BCUT2D eigenvalue weighted by Crippen LogP contribution is 2.07. The molecule has 2 aromatic heterocycles. The van der Waals surface area contributed by atoms with Crippen molar-refractivity contribution in [2.45, 2.75) is 26.4 Å². The summed E-state index contributed by atoms with van der Waals surface area (Å²) in [7, 11) is 0. The van der Waals surface area contributed by atoms with Gasteiger partial charge in [0.15, 0.2) is 0 Å². The van der Waals surface area contributed by atoms with Gasteiger partial charge in [0.05, 0.1) is 12.2 Å². The van der Waals surface area contributed by atoms with Crippen LogP contribution in [-0.2, 0) is 13.1 Å². The first kappa shape index (κ1) is 11.6. The molecule has 2 rings (SSSR count). The normalized spacial score (nSPS) is 10.5. The summed E-state index contributed by atoms with van der Waals surface area (Å²) in [6.45, 7) is 3.59. The summed E-state index contributed by atoms with van der Waals surface area (Å²) in [6.07, 6.45) is 2.80. The average Bonchev–Trinajstić information content (AvgIpc) is 2.75. The van der Waals surface area contributed by atoms with E-state index in [1.165, 1.54) is 6.07 Å². The molecule has 0 atom stereocenters. The Morgan fingerprint density at radius 1 is 1.35 bits per heavy atom. The minimum Gasteiger partial charge on any atom is -0.364 e. The molecular formula is C12H15FN4. The molecule has 2 heterocycles. The predicted octanol–water partition coefficient (Wildman–Crippen LogP) is 2.44. The second kappa shape index (κ2) is 5.43. The van der Waals surface area contributed by atoms with Crippen LogP contribution < -0.4 is 5.32 Å².